The Morgan fingerprint density at radius 3 is 2.56 bits per heavy atom. The second-order valence-corrected chi connectivity index (χ2v) is 5.80. The van der Waals surface area contributed by atoms with Crippen LogP contribution in [0, 0.1) is 0 Å². The monoisotopic (exact) mass is 254 g/mol. The maximum Gasteiger partial charge on any atom is 0.0221 e. The summed E-state index contributed by atoms with van der Waals surface area (Å²) in [7, 11) is 0. The predicted octanol–water partition coefficient (Wildman–Crippen LogP) is 3.81. The smallest absolute Gasteiger partial charge is 0.0221 e. The molecule has 1 N–H and O–H groups in total. The Hall–Kier alpha value is -0.0800. The maximum atomic E-state index is 3.58. The van der Waals surface area contributed by atoms with Crippen molar-refractivity contribution in [3.63, 3.8) is 0 Å². The number of hydrogen-bond acceptors (Lipinski definition) is 2. The molecule has 1 heterocycles. The molecule has 2 heteroatoms. The minimum absolute atomic E-state index is 0.826. The van der Waals surface area contributed by atoms with Crippen LogP contribution < -0.4 is 5.32 Å². The summed E-state index contributed by atoms with van der Waals surface area (Å²) in [5.74, 6) is 0. The standard InChI is InChI=1S/C16H34N2/c1-3-5-6-7-8-9-13-18-14-10-11-16(18)15-17-12-4-2/h16-17H,3-15H2,1-2H3. The molecule has 108 valence electrons. The lowest BCUT2D eigenvalue weighted by Crippen LogP contribution is -2.38. The Morgan fingerprint density at radius 1 is 1.00 bits per heavy atom. The van der Waals surface area contributed by atoms with E-state index in [4.69, 9.17) is 0 Å². The summed E-state index contributed by atoms with van der Waals surface area (Å²) in [6.45, 7) is 9.61. The van der Waals surface area contributed by atoms with Gasteiger partial charge in [0.2, 0.25) is 0 Å². The molecule has 0 saturated carbocycles. The van der Waals surface area contributed by atoms with E-state index in [1.165, 1.54) is 84.0 Å². The zero-order valence-electron chi connectivity index (χ0n) is 12.7. The van der Waals surface area contributed by atoms with Crippen LogP contribution in [0.3, 0.4) is 0 Å². The molecule has 1 aliphatic heterocycles. The molecule has 1 aliphatic rings. The molecule has 2 nitrogen and oxygen atoms in total. The van der Waals surface area contributed by atoms with Crippen molar-refractivity contribution < 1.29 is 0 Å². The summed E-state index contributed by atoms with van der Waals surface area (Å²) in [6, 6.07) is 0.826. The molecule has 0 aromatic carbocycles. The van der Waals surface area contributed by atoms with Gasteiger partial charge in [0, 0.05) is 12.6 Å². The third-order valence-corrected chi connectivity index (χ3v) is 4.10. The van der Waals surface area contributed by atoms with Crippen LogP contribution in [-0.2, 0) is 0 Å². The molecule has 0 aliphatic carbocycles. The number of rotatable bonds is 11. The van der Waals surface area contributed by atoms with E-state index in [1.54, 1.807) is 0 Å². The summed E-state index contributed by atoms with van der Waals surface area (Å²) in [5.41, 5.74) is 0. The molecule has 1 fully saturated rings. The highest BCUT2D eigenvalue weighted by Gasteiger charge is 2.22. The first-order valence-electron chi connectivity index (χ1n) is 8.33. The third kappa shape index (κ3) is 6.75. The van der Waals surface area contributed by atoms with Crippen LogP contribution in [0.15, 0.2) is 0 Å². The molecule has 0 spiro atoms. The van der Waals surface area contributed by atoms with Crippen molar-refractivity contribution in [1.82, 2.24) is 10.2 Å². The minimum Gasteiger partial charge on any atom is -0.315 e. The van der Waals surface area contributed by atoms with E-state index in [0.29, 0.717) is 0 Å². The van der Waals surface area contributed by atoms with Crippen molar-refractivity contribution in [2.75, 3.05) is 26.2 Å². The highest BCUT2D eigenvalue weighted by atomic mass is 15.2. The SMILES string of the molecule is CCCCCCCCN1CCCC1CNCCC. The highest BCUT2D eigenvalue weighted by molar-refractivity contribution is 4.80. The quantitative estimate of drug-likeness (QED) is 0.564. The maximum absolute atomic E-state index is 3.58. The van der Waals surface area contributed by atoms with Crippen molar-refractivity contribution >= 4 is 0 Å². The summed E-state index contributed by atoms with van der Waals surface area (Å²) < 4.78 is 0. The Kier molecular flexibility index (Phi) is 9.59. The largest absolute Gasteiger partial charge is 0.315 e. The molecule has 1 rings (SSSR count). The first-order valence-corrected chi connectivity index (χ1v) is 8.33. The summed E-state index contributed by atoms with van der Waals surface area (Å²) in [4.78, 5) is 2.72. The molecule has 18 heavy (non-hydrogen) atoms. The van der Waals surface area contributed by atoms with Crippen molar-refractivity contribution in [2.45, 2.75) is 77.7 Å². The van der Waals surface area contributed by atoms with Gasteiger partial charge in [-0.05, 0) is 45.3 Å². The van der Waals surface area contributed by atoms with Crippen LogP contribution in [0.4, 0.5) is 0 Å². The van der Waals surface area contributed by atoms with Crippen LogP contribution in [0.25, 0.3) is 0 Å². The number of unbranched alkanes of at least 4 members (excludes halogenated alkanes) is 5. The average Bonchev–Trinajstić information content (AvgIpc) is 2.82. The molecule has 0 aromatic heterocycles. The molecule has 0 bridgehead atoms. The Bertz CT molecular complexity index is 182. The van der Waals surface area contributed by atoms with Crippen molar-refractivity contribution in [3.05, 3.63) is 0 Å². The van der Waals surface area contributed by atoms with Crippen LogP contribution in [-0.4, -0.2) is 37.1 Å². The van der Waals surface area contributed by atoms with Crippen molar-refractivity contribution in [3.8, 4) is 0 Å². The Morgan fingerprint density at radius 2 is 1.78 bits per heavy atom. The molecule has 0 radical (unpaired) electrons. The van der Waals surface area contributed by atoms with Gasteiger partial charge in [0.25, 0.3) is 0 Å². The van der Waals surface area contributed by atoms with E-state index >= 15 is 0 Å². The topological polar surface area (TPSA) is 15.3 Å². The van der Waals surface area contributed by atoms with Gasteiger partial charge in [-0.1, -0.05) is 46.0 Å². The molecule has 0 aromatic rings. The van der Waals surface area contributed by atoms with Gasteiger partial charge in [0.1, 0.15) is 0 Å². The summed E-state index contributed by atoms with van der Waals surface area (Å²) in [6.07, 6.45) is 12.6. The van der Waals surface area contributed by atoms with Gasteiger partial charge in [0.15, 0.2) is 0 Å². The van der Waals surface area contributed by atoms with Crippen LogP contribution in [0.2, 0.25) is 0 Å². The number of likely N-dealkylation sites (tertiary alicyclic amines) is 1. The van der Waals surface area contributed by atoms with E-state index < -0.39 is 0 Å². The first-order chi connectivity index (χ1) is 8.88. The van der Waals surface area contributed by atoms with E-state index in [9.17, 15) is 0 Å². The number of hydrogen-bond donors (Lipinski definition) is 1. The fourth-order valence-electron chi connectivity index (χ4n) is 2.96. The lowest BCUT2D eigenvalue weighted by atomic mass is 10.1. The van der Waals surface area contributed by atoms with E-state index in [2.05, 4.69) is 24.1 Å². The van der Waals surface area contributed by atoms with Gasteiger partial charge in [-0.15, -0.1) is 0 Å². The zero-order chi connectivity index (χ0) is 13.1. The van der Waals surface area contributed by atoms with Gasteiger partial charge < -0.3 is 5.32 Å². The third-order valence-electron chi connectivity index (χ3n) is 4.10. The molecular weight excluding hydrogens is 220 g/mol. The van der Waals surface area contributed by atoms with E-state index in [-0.39, 0.29) is 0 Å². The normalized spacial score (nSPS) is 20.7. The van der Waals surface area contributed by atoms with Crippen LogP contribution in [0.5, 0.6) is 0 Å². The van der Waals surface area contributed by atoms with Crippen molar-refractivity contribution in [2.24, 2.45) is 0 Å². The van der Waals surface area contributed by atoms with E-state index in [0.717, 1.165) is 6.04 Å². The van der Waals surface area contributed by atoms with E-state index in [1.807, 2.05) is 0 Å². The fourth-order valence-corrected chi connectivity index (χ4v) is 2.96. The Labute approximate surface area is 115 Å². The van der Waals surface area contributed by atoms with Crippen LogP contribution in [0.1, 0.15) is 71.6 Å². The summed E-state index contributed by atoms with van der Waals surface area (Å²) >= 11 is 0. The second kappa shape index (κ2) is 10.8. The van der Waals surface area contributed by atoms with Gasteiger partial charge in [-0.2, -0.15) is 0 Å². The lowest BCUT2D eigenvalue weighted by molar-refractivity contribution is 0.242. The fraction of sp³-hybridized carbons (Fsp3) is 1.00. The van der Waals surface area contributed by atoms with Gasteiger partial charge >= 0.3 is 0 Å². The average molecular weight is 254 g/mol. The number of nitrogens with zero attached hydrogens (tertiary/aromatic N) is 1. The van der Waals surface area contributed by atoms with Gasteiger partial charge in [0.05, 0.1) is 0 Å². The first kappa shape index (κ1) is 16.0. The molecular formula is C16H34N2. The second-order valence-electron chi connectivity index (χ2n) is 5.80. The summed E-state index contributed by atoms with van der Waals surface area (Å²) in [5, 5.41) is 3.58. The lowest BCUT2D eigenvalue weighted by Gasteiger charge is -2.24. The Balaban J connectivity index is 2.01. The molecule has 1 saturated heterocycles. The predicted molar refractivity (Wildman–Crippen MR) is 81.1 cm³/mol. The number of nitrogens with one attached hydrogen (secondary N) is 1. The van der Waals surface area contributed by atoms with Gasteiger partial charge in [-0.3, -0.25) is 4.90 Å². The minimum atomic E-state index is 0.826. The van der Waals surface area contributed by atoms with Crippen molar-refractivity contribution in [1.29, 1.82) is 0 Å². The van der Waals surface area contributed by atoms with Gasteiger partial charge in [-0.25, -0.2) is 0 Å². The molecule has 1 atom stereocenters. The van der Waals surface area contributed by atoms with Crippen LogP contribution >= 0.6 is 0 Å². The molecule has 1 unspecified atom stereocenters. The highest BCUT2D eigenvalue weighted by Crippen LogP contribution is 2.17. The zero-order valence-corrected chi connectivity index (χ0v) is 12.7. The molecule has 0 amide bonds.